The van der Waals surface area contributed by atoms with Gasteiger partial charge in [0, 0.05) is 13.1 Å². The number of nitrogens with zero attached hydrogens (tertiary/aromatic N) is 2. The van der Waals surface area contributed by atoms with Gasteiger partial charge in [-0.25, -0.2) is 0 Å². The van der Waals surface area contributed by atoms with Crippen molar-refractivity contribution in [2.45, 2.75) is 25.7 Å². The maximum absolute atomic E-state index is 5.54. The fraction of sp³-hybridized carbons (Fsp3) is 0.750. The lowest BCUT2D eigenvalue weighted by Crippen LogP contribution is -2.41. The largest absolute Gasteiger partial charge is 0.370 e. The van der Waals surface area contributed by atoms with Crippen molar-refractivity contribution in [3.05, 3.63) is 0 Å². The van der Waals surface area contributed by atoms with Gasteiger partial charge in [-0.15, -0.1) is 0 Å². The van der Waals surface area contributed by atoms with E-state index >= 15 is 0 Å². The molecule has 0 bridgehead atoms. The van der Waals surface area contributed by atoms with E-state index in [2.05, 4.69) is 15.3 Å². The molecule has 1 aliphatic rings. The van der Waals surface area contributed by atoms with E-state index in [-0.39, 0.29) is 0 Å². The fourth-order valence-corrected chi connectivity index (χ4v) is 1.19. The van der Waals surface area contributed by atoms with Crippen LogP contribution in [-0.2, 0) is 0 Å². The van der Waals surface area contributed by atoms with Crippen LogP contribution in [0.15, 0.2) is 9.98 Å². The molecule has 0 saturated carbocycles. The molecule has 0 aromatic rings. The second kappa shape index (κ2) is 5.40. The van der Waals surface area contributed by atoms with E-state index in [0.717, 1.165) is 25.9 Å². The summed E-state index contributed by atoms with van der Waals surface area (Å²) in [6.07, 6.45) is 4.54. The van der Waals surface area contributed by atoms with Crippen molar-refractivity contribution in [2.24, 2.45) is 21.5 Å². The number of aliphatic imine (C=N–C) groups is 2. The molecular formula is C8H17N5. The molecule has 0 atom stereocenters. The Balaban J connectivity index is 2.49. The lowest BCUT2D eigenvalue weighted by molar-refractivity contribution is 0.655. The highest BCUT2D eigenvalue weighted by Gasteiger charge is 1.97. The first-order chi connectivity index (χ1) is 6.29. The molecule has 0 aromatic carbocycles. The van der Waals surface area contributed by atoms with E-state index in [1.807, 2.05) is 0 Å². The molecule has 0 fully saturated rings. The van der Waals surface area contributed by atoms with Gasteiger partial charge in [-0.3, -0.25) is 15.3 Å². The van der Waals surface area contributed by atoms with Crippen LogP contribution in [0.3, 0.4) is 0 Å². The standard InChI is InChI=1S/C8H17N5/c9-7-11-5-3-1-2-4-6-12-8(10)13-7/h1-6H2,(H5,9,10,11,12,13). The van der Waals surface area contributed by atoms with Gasteiger partial charge in [-0.1, -0.05) is 12.8 Å². The third-order valence-corrected chi connectivity index (χ3v) is 1.89. The van der Waals surface area contributed by atoms with Crippen molar-refractivity contribution in [3.63, 3.8) is 0 Å². The highest BCUT2D eigenvalue weighted by molar-refractivity contribution is 5.96. The number of guanidine groups is 2. The number of rotatable bonds is 0. The van der Waals surface area contributed by atoms with Crippen LogP contribution in [0.2, 0.25) is 0 Å². The van der Waals surface area contributed by atoms with E-state index in [9.17, 15) is 0 Å². The van der Waals surface area contributed by atoms with Gasteiger partial charge in [0.1, 0.15) is 0 Å². The van der Waals surface area contributed by atoms with Crippen LogP contribution >= 0.6 is 0 Å². The third kappa shape index (κ3) is 4.35. The minimum atomic E-state index is 0.364. The first-order valence-electron chi connectivity index (χ1n) is 4.66. The molecular weight excluding hydrogens is 166 g/mol. The van der Waals surface area contributed by atoms with Gasteiger partial charge >= 0.3 is 0 Å². The summed E-state index contributed by atoms with van der Waals surface area (Å²) in [6.45, 7) is 1.54. The van der Waals surface area contributed by atoms with Crippen molar-refractivity contribution >= 4 is 11.9 Å². The monoisotopic (exact) mass is 183 g/mol. The summed E-state index contributed by atoms with van der Waals surface area (Å²) in [6, 6.07) is 0. The van der Waals surface area contributed by atoms with Crippen LogP contribution in [0.1, 0.15) is 25.7 Å². The Morgan fingerprint density at radius 2 is 1.31 bits per heavy atom. The fourth-order valence-electron chi connectivity index (χ4n) is 1.19. The number of nitrogens with two attached hydrogens (primary N) is 2. The molecule has 0 spiro atoms. The van der Waals surface area contributed by atoms with Gasteiger partial charge in [-0.2, -0.15) is 0 Å². The molecule has 1 aliphatic heterocycles. The third-order valence-electron chi connectivity index (χ3n) is 1.89. The lowest BCUT2D eigenvalue weighted by atomic mass is 10.2. The normalized spacial score (nSPS) is 20.6. The molecule has 5 N–H and O–H groups in total. The number of hydrogen-bond acceptors (Lipinski definition) is 5. The molecule has 5 nitrogen and oxygen atoms in total. The van der Waals surface area contributed by atoms with Crippen LogP contribution < -0.4 is 16.8 Å². The highest BCUT2D eigenvalue weighted by atomic mass is 15.2. The number of hydrogen-bond donors (Lipinski definition) is 3. The Labute approximate surface area is 78.3 Å². The smallest absolute Gasteiger partial charge is 0.195 e. The second-order valence-corrected chi connectivity index (χ2v) is 3.07. The topological polar surface area (TPSA) is 88.8 Å². The molecule has 0 unspecified atom stereocenters. The van der Waals surface area contributed by atoms with Crippen LogP contribution in [-0.4, -0.2) is 25.0 Å². The summed E-state index contributed by atoms with van der Waals surface area (Å²) in [4.78, 5) is 8.20. The molecule has 13 heavy (non-hydrogen) atoms. The average molecular weight is 183 g/mol. The zero-order valence-electron chi connectivity index (χ0n) is 7.79. The van der Waals surface area contributed by atoms with Gasteiger partial charge < -0.3 is 11.5 Å². The predicted molar refractivity (Wildman–Crippen MR) is 54.6 cm³/mol. The van der Waals surface area contributed by atoms with Crippen molar-refractivity contribution in [3.8, 4) is 0 Å². The molecule has 0 aromatic heterocycles. The van der Waals surface area contributed by atoms with Gasteiger partial charge in [0.15, 0.2) is 11.9 Å². The van der Waals surface area contributed by atoms with Gasteiger partial charge in [-0.05, 0) is 12.8 Å². The van der Waals surface area contributed by atoms with E-state index < -0.39 is 0 Å². The number of nitrogens with one attached hydrogen (secondary N) is 1. The summed E-state index contributed by atoms with van der Waals surface area (Å²) < 4.78 is 0. The van der Waals surface area contributed by atoms with Crippen molar-refractivity contribution in [1.29, 1.82) is 0 Å². The molecule has 1 heterocycles. The van der Waals surface area contributed by atoms with Crippen LogP contribution in [0.5, 0.6) is 0 Å². The average Bonchev–Trinajstić information content (AvgIpc) is 2.11. The van der Waals surface area contributed by atoms with E-state index in [1.165, 1.54) is 12.8 Å². The van der Waals surface area contributed by atoms with Crippen molar-refractivity contribution in [1.82, 2.24) is 5.32 Å². The minimum absolute atomic E-state index is 0.364. The zero-order chi connectivity index (χ0) is 9.52. The van der Waals surface area contributed by atoms with Crippen molar-refractivity contribution in [2.75, 3.05) is 13.1 Å². The summed E-state index contributed by atoms with van der Waals surface area (Å²) >= 11 is 0. The first-order valence-corrected chi connectivity index (χ1v) is 4.66. The maximum atomic E-state index is 5.54. The van der Waals surface area contributed by atoms with Crippen LogP contribution in [0.25, 0.3) is 0 Å². The molecule has 1 rings (SSSR count). The minimum Gasteiger partial charge on any atom is -0.370 e. The molecule has 5 heteroatoms. The summed E-state index contributed by atoms with van der Waals surface area (Å²) in [5, 5.41) is 2.73. The SMILES string of the molecule is NC1=NCCCCCCN=C(N)N1. The molecule has 0 aliphatic carbocycles. The first kappa shape index (κ1) is 9.83. The molecule has 0 radical (unpaired) electrons. The highest BCUT2D eigenvalue weighted by Crippen LogP contribution is 2.00. The molecule has 0 amide bonds. The van der Waals surface area contributed by atoms with Gasteiger partial charge in [0.2, 0.25) is 0 Å². The Hall–Kier alpha value is -1.26. The van der Waals surface area contributed by atoms with Crippen LogP contribution in [0.4, 0.5) is 0 Å². The second-order valence-electron chi connectivity index (χ2n) is 3.07. The molecule has 74 valence electrons. The Morgan fingerprint density at radius 1 is 0.846 bits per heavy atom. The maximum Gasteiger partial charge on any atom is 0.195 e. The quantitative estimate of drug-likeness (QED) is 0.485. The zero-order valence-corrected chi connectivity index (χ0v) is 7.79. The van der Waals surface area contributed by atoms with E-state index in [0.29, 0.717) is 11.9 Å². The lowest BCUT2D eigenvalue weighted by Gasteiger charge is -2.02. The van der Waals surface area contributed by atoms with E-state index in [1.54, 1.807) is 0 Å². The van der Waals surface area contributed by atoms with Gasteiger partial charge in [0.05, 0.1) is 0 Å². The summed E-state index contributed by atoms with van der Waals surface area (Å²) in [5.41, 5.74) is 11.1. The Bertz CT molecular complexity index is 187. The molecule has 0 saturated heterocycles. The summed E-state index contributed by atoms with van der Waals surface area (Å²) in [5.74, 6) is 0.728. The van der Waals surface area contributed by atoms with Gasteiger partial charge in [0.25, 0.3) is 0 Å². The van der Waals surface area contributed by atoms with E-state index in [4.69, 9.17) is 11.5 Å². The summed E-state index contributed by atoms with van der Waals surface area (Å²) in [7, 11) is 0. The van der Waals surface area contributed by atoms with Crippen LogP contribution in [0, 0.1) is 0 Å². The Kier molecular flexibility index (Phi) is 4.08. The Morgan fingerprint density at radius 3 is 1.77 bits per heavy atom. The van der Waals surface area contributed by atoms with Crippen molar-refractivity contribution < 1.29 is 0 Å². The predicted octanol–water partition coefficient (Wildman–Crippen LogP) is -0.221.